The molecule has 2 rings (SSSR count). The molecule has 0 N–H and O–H groups in total. The van der Waals surface area contributed by atoms with Crippen LogP contribution in [0.4, 0.5) is 0 Å². The number of carbonyl (C=O) groups excluding carboxylic acids is 2. The van der Waals surface area contributed by atoms with Crippen LogP contribution in [0, 0.1) is 0 Å². The van der Waals surface area contributed by atoms with Crippen LogP contribution in [-0.4, -0.2) is 32.7 Å². The number of hydrogen-bond acceptors (Lipinski definition) is 4. The van der Waals surface area contributed by atoms with Crippen molar-refractivity contribution in [2.45, 2.75) is 59.6 Å². The van der Waals surface area contributed by atoms with E-state index < -0.39 is 26.1 Å². The smallest absolute Gasteiger partial charge is 0.303 e. The molecule has 5 heteroatoms. The van der Waals surface area contributed by atoms with Gasteiger partial charge in [0.05, 0.1) is 0 Å². The van der Waals surface area contributed by atoms with Gasteiger partial charge in [-0.25, -0.2) is 0 Å². The molecule has 0 unspecified atom stereocenters. The Morgan fingerprint density at radius 3 is 1.69 bits per heavy atom. The van der Waals surface area contributed by atoms with E-state index in [2.05, 4.69) is 82.0 Å². The quantitative estimate of drug-likeness (QED) is 0.352. The summed E-state index contributed by atoms with van der Waals surface area (Å²) in [6, 6.07) is 21.2. The van der Waals surface area contributed by atoms with Crippen LogP contribution in [0.15, 0.2) is 77.2 Å². The molecule has 0 aliphatic heterocycles. The second kappa shape index (κ2) is 10.6. The minimum atomic E-state index is -2.51. The Balaban J connectivity index is 2.81. The third-order valence-electron chi connectivity index (χ3n) is 5.71. The third-order valence-corrected chi connectivity index (χ3v) is 11.6. The summed E-state index contributed by atoms with van der Waals surface area (Å²) in [5.74, 6) is -0.839. The highest BCUT2D eigenvalue weighted by molar-refractivity contribution is 7.09. The van der Waals surface area contributed by atoms with Crippen LogP contribution in [0.5, 0.6) is 0 Å². The van der Waals surface area contributed by atoms with Crippen molar-refractivity contribution in [2.75, 3.05) is 6.61 Å². The highest BCUT2D eigenvalue weighted by Gasteiger charge is 2.49. The summed E-state index contributed by atoms with van der Waals surface area (Å²) >= 11 is 0. The first-order valence-corrected chi connectivity index (χ1v) is 12.9. The fraction of sp³-hybridized carbons (Fsp3) is 0.370. The molecular weight excluding hydrogens is 416 g/mol. The Bertz CT molecular complexity index is 957. The van der Waals surface area contributed by atoms with Crippen LogP contribution in [0.2, 0.25) is 5.04 Å². The molecule has 0 heterocycles. The lowest BCUT2D eigenvalue weighted by Gasteiger charge is -2.44. The number of hydrogen-bond donors (Lipinski definition) is 0. The van der Waals surface area contributed by atoms with Crippen molar-refractivity contribution in [3.63, 3.8) is 0 Å². The Labute approximate surface area is 193 Å². The van der Waals surface area contributed by atoms with Gasteiger partial charge in [-0.2, -0.15) is 0 Å². The van der Waals surface area contributed by atoms with Gasteiger partial charge in [-0.3, -0.25) is 9.59 Å². The van der Waals surface area contributed by atoms with Crippen molar-refractivity contribution in [2.24, 2.45) is 0 Å². The van der Waals surface area contributed by atoms with Crippen LogP contribution < -0.4 is 10.4 Å². The molecule has 2 aromatic carbocycles. The van der Waals surface area contributed by atoms with E-state index in [9.17, 15) is 9.59 Å². The molecule has 0 radical (unpaired) electrons. The van der Waals surface area contributed by atoms with Crippen LogP contribution in [0.1, 0.15) is 48.5 Å². The van der Waals surface area contributed by atoms with Crippen molar-refractivity contribution in [3.05, 3.63) is 77.2 Å². The van der Waals surface area contributed by atoms with E-state index in [4.69, 9.17) is 9.47 Å². The molecule has 1 atom stereocenters. The fourth-order valence-corrected chi connectivity index (χ4v) is 10.3. The van der Waals surface area contributed by atoms with Crippen LogP contribution >= 0.6 is 0 Å². The number of esters is 2. The predicted octanol–water partition coefficient (Wildman–Crippen LogP) is 4.58. The molecule has 0 amide bonds. The third kappa shape index (κ3) is 5.67. The highest BCUT2D eigenvalue weighted by atomic mass is 28.3. The summed E-state index contributed by atoms with van der Waals surface area (Å²) in [4.78, 5) is 23.0. The summed E-state index contributed by atoms with van der Waals surface area (Å²) in [7, 11) is -2.51. The van der Waals surface area contributed by atoms with E-state index in [1.807, 2.05) is 19.1 Å². The van der Waals surface area contributed by atoms with E-state index >= 15 is 0 Å². The van der Waals surface area contributed by atoms with E-state index in [1.54, 1.807) is 0 Å². The van der Waals surface area contributed by atoms with Gasteiger partial charge < -0.3 is 9.47 Å². The largest absolute Gasteiger partial charge is 0.462 e. The second-order valence-electron chi connectivity index (χ2n) is 9.07. The second-order valence-corrected chi connectivity index (χ2v) is 14.0. The number of benzene rings is 2. The van der Waals surface area contributed by atoms with Gasteiger partial charge >= 0.3 is 11.9 Å². The highest BCUT2D eigenvalue weighted by Crippen LogP contribution is 2.40. The first-order chi connectivity index (χ1) is 15.0. The van der Waals surface area contributed by atoms with Gasteiger partial charge in [0.2, 0.25) is 0 Å². The Kier molecular flexibility index (Phi) is 8.42. The minimum Gasteiger partial charge on any atom is -0.462 e. The molecule has 2 aromatic rings. The molecule has 0 aliphatic carbocycles. The van der Waals surface area contributed by atoms with Gasteiger partial charge in [0.1, 0.15) is 6.61 Å². The van der Waals surface area contributed by atoms with E-state index in [0.29, 0.717) is 0 Å². The molecule has 170 valence electrons. The van der Waals surface area contributed by atoms with Crippen molar-refractivity contribution in [1.82, 2.24) is 0 Å². The monoisotopic (exact) mass is 450 g/mol. The zero-order valence-electron chi connectivity index (χ0n) is 20.2. The lowest BCUT2D eigenvalue weighted by molar-refractivity contribution is -0.154. The summed E-state index contributed by atoms with van der Waals surface area (Å²) in [5.41, 5.74) is 4.31. The maximum absolute atomic E-state index is 11.7. The zero-order valence-corrected chi connectivity index (χ0v) is 21.2. The van der Waals surface area contributed by atoms with E-state index in [1.165, 1.54) is 24.2 Å². The Hall–Kier alpha value is -2.88. The van der Waals surface area contributed by atoms with Crippen molar-refractivity contribution >= 4 is 30.4 Å². The van der Waals surface area contributed by atoms with Crippen LogP contribution in [0.3, 0.4) is 0 Å². The minimum absolute atomic E-state index is 0.0260. The van der Waals surface area contributed by atoms with Crippen molar-refractivity contribution in [1.29, 1.82) is 0 Å². The molecule has 0 spiro atoms. The first kappa shape index (κ1) is 25.4. The lowest BCUT2D eigenvalue weighted by Crippen LogP contribution is -2.65. The van der Waals surface area contributed by atoms with Gasteiger partial charge in [-0.1, -0.05) is 81.4 Å². The first-order valence-electron chi connectivity index (χ1n) is 10.9. The SMILES string of the molecule is CC(=O)OC[C@@H](OC(C)=O)C(C)=C=C(C)[Si](c1ccccc1)(c1ccccc1)C(C)(C)C. The molecule has 0 fully saturated rings. The van der Waals surface area contributed by atoms with Crippen molar-refractivity contribution in [3.8, 4) is 0 Å². The van der Waals surface area contributed by atoms with Crippen LogP contribution in [-0.2, 0) is 19.1 Å². The number of carbonyl (C=O) groups is 2. The molecule has 0 saturated heterocycles. The van der Waals surface area contributed by atoms with E-state index in [-0.39, 0.29) is 11.6 Å². The standard InChI is InChI=1S/C27H34O4Si/c1-20(26(31-23(4)29)19-30-22(3)28)18-21(2)32(27(5,6)7,24-14-10-8-11-15-24)25-16-12-9-13-17-25/h8-17,26H,19H2,1-7H3/t18?,26-/m1/s1. The fourth-order valence-electron chi connectivity index (χ4n) is 4.52. The molecule has 0 aromatic heterocycles. The lowest BCUT2D eigenvalue weighted by atomic mass is 10.2. The molecule has 32 heavy (non-hydrogen) atoms. The topological polar surface area (TPSA) is 52.6 Å². The summed E-state index contributed by atoms with van der Waals surface area (Å²) in [6.45, 7) is 13.5. The van der Waals surface area contributed by atoms with Gasteiger partial charge in [0.15, 0.2) is 14.2 Å². The summed E-state index contributed by atoms with van der Waals surface area (Å²) in [6.07, 6.45) is -0.676. The molecule has 0 bridgehead atoms. The van der Waals surface area contributed by atoms with Crippen LogP contribution in [0.25, 0.3) is 0 Å². The number of rotatable bonds is 7. The molecular formula is C27H34O4Si. The maximum atomic E-state index is 11.7. The van der Waals surface area contributed by atoms with Gasteiger partial charge in [0, 0.05) is 19.4 Å². The predicted molar refractivity (Wildman–Crippen MR) is 132 cm³/mol. The molecule has 0 aliphatic rings. The Morgan fingerprint density at radius 1 is 0.844 bits per heavy atom. The molecule has 4 nitrogen and oxygen atoms in total. The maximum Gasteiger partial charge on any atom is 0.303 e. The average molecular weight is 451 g/mol. The number of ether oxygens (including phenoxy) is 2. The summed E-state index contributed by atoms with van der Waals surface area (Å²) < 4.78 is 10.6. The Morgan fingerprint density at radius 2 is 1.31 bits per heavy atom. The zero-order chi connectivity index (χ0) is 23.9. The van der Waals surface area contributed by atoms with Gasteiger partial charge in [0.25, 0.3) is 0 Å². The van der Waals surface area contributed by atoms with Crippen molar-refractivity contribution < 1.29 is 19.1 Å². The molecule has 0 saturated carbocycles. The van der Waals surface area contributed by atoms with Gasteiger partial charge in [-0.05, 0) is 34.5 Å². The summed E-state index contributed by atoms with van der Waals surface area (Å²) in [5, 5.41) is 3.64. The normalized spacial score (nSPS) is 12.3. The van der Waals surface area contributed by atoms with E-state index in [0.717, 1.165) is 10.8 Å². The van der Waals surface area contributed by atoms with Gasteiger partial charge in [-0.15, -0.1) is 5.73 Å². The average Bonchev–Trinajstić information content (AvgIpc) is 2.71.